The first-order valence-corrected chi connectivity index (χ1v) is 4.70. The first-order valence-electron chi connectivity index (χ1n) is 3.47. The molecule has 0 atom stereocenters. The van der Waals surface area contributed by atoms with Crippen LogP contribution >= 0.6 is 24.0 Å². The Balaban J connectivity index is 4.06. The second-order valence-corrected chi connectivity index (χ2v) is 4.81. The summed E-state index contributed by atoms with van der Waals surface area (Å²) in [6.45, 7) is 5.30. The van der Waals surface area contributed by atoms with E-state index in [4.69, 9.17) is 17.0 Å². The van der Waals surface area contributed by atoms with E-state index in [9.17, 15) is 9.90 Å². The summed E-state index contributed by atoms with van der Waals surface area (Å²) in [5, 5.41) is 10.5. The third kappa shape index (κ3) is 3.92. The molecule has 0 spiro atoms. The summed E-state index contributed by atoms with van der Waals surface area (Å²) in [7, 11) is 0. The van der Waals surface area contributed by atoms with Crippen LogP contribution in [0.25, 0.3) is 0 Å². The van der Waals surface area contributed by atoms with Crippen molar-refractivity contribution in [1.29, 1.82) is 0 Å². The van der Waals surface area contributed by atoms with Gasteiger partial charge in [0.1, 0.15) is 0 Å². The van der Waals surface area contributed by atoms with E-state index in [1.54, 1.807) is 6.92 Å². The molecule has 0 aliphatic heterocycles. The maximum Gasteiger partial charge on any atom is 0.220 e. The Labute approximate surface area is 81.5 Å². The van der Waals surface area contributed by atoms with Crippen LogP contribution in [0.4, 0.5) is 0 Å². The third-order valence-electron chi connectivity index (χ3n) is 1.09. The Kier molecular flexibility index (Phi) is 4.55. The molecule has 0 saturated carbocycles. The molecule has 0 aromatic rings. The van der Waals surface area contributed by atoms with E-state index in [2.05, 4.69) is 0 Å². The molecule has 0 N–H and O–H groups in total. The van der Waals surface area contributed by atoms with Crippen molar-refractivity contribution in [2.45, 2.75) is 25.5 Å². The first kappa shape index (κ1) is 11.7. The molecule has 0 aliphatic carbocycles. The van der Waals surface area contributed by atoms with Crippen LogP contribution in [0, 0.1) is 0 Å². The van der Waals surface area contributed by atoms with E-state index in [1.807, 2.05) is 0 Å². The number of hydrogen-bond donors (Lipinski definition) is 0. The van der Waals surface area contributed by atoms with Crippen LogP contribution in [0.3, 0.4) is 0 Å². The predicted octanol–water partition coefficient (Wildman–Crippen LogP) is 0.569. The highest BCUT2D eigenvalue weighted by molar-refractivity contribution is 8.23. The van der Waals surface area contributed by atoms with Gasteiger partial charge in [-0.25, -0.2) is 0 Å². The molecule has 0 aliphatic rings. The van der Waals surface area contributed by atoms with E-state index in [-0.39, 0.29) is 4.38 Å². The van der Waals surface area contributed by atoms with Gasteiger partial charge in [0, 0.05) is 0 Å². The lowest BCUT2D eigenvalue weighted by molar-refractivity contribution is -0.308. The van der Waals surface area contributed by atoms with Crippen molar-refractivity contribution in [1.82, 2.24) is 0 Å². The fourth-order valence-corrected chi connectivity index (χ4v) is 1.82. The van der Waals surface area contributed by atoms with Crippen molar-refractivity contribution in [3.05, 3.63) is 0 Å². The van der Waals surface area contributed by atoms with Gasteiger partial charge in [0.05, 0.1) is 17.3 Å². The lowest BCUT2D eigenvalue weighted by Crippen LogP contribution is -2.41. The molecule has 0 saturated heterocycles. The number of thiocarbonyl (C=S) groups is 1. The molecule has 12 heavy (non-hydrogen) atoms. The minimum absolute atomic E-state index is 0.242. The van der Waals surface area contributed by atoms with Crippen molar-refractivity contribution in [3.63, 3.8) is 0 Å². The van der Waals surface area contributed by atoms with E-state index in [0.29, 0.717) is 6.61 Å². The quantitative estimate of drug-likeness (QED) is 0.633. The van der Waals surface area contributed by atoms with Crippen molar-refractivity contribution in [2.24, 2.45) is 0 Å². The Hall–Kier alpha value is -0.290. The molecule has 0 rings (SSSR count). The number of ether oxygens (including phenoxy) is 1. The lowest BCUT2D eigenvalue weighted by Gasteiger charge is -2.24. The number of rotatable bonds is 3. The SMILES string of the molecule is CCOC(=S)SC(C)(C)C(=O)[O-]. The van der Waals surface area contributed by atoms with Gasteiger partial charge in [-0.3, -0.25) is 0 Å². The molecule has 0 aromatic carbocycles. The summed E-state index contributed by atoms with van der Waals surface area (Å²) in [5.74, 6) is -1.14. The van der Waals surface area contributed by atoms with Crippen LogP contribution in [0.2, 0.25) is 0 Å². The van der Waals surface area contributed by atoms with Crippen LogP contribution in [0.1, 0.15) is 20.8 Å². The molecule has 0 radical (unpaired) electrons. The Morgan fingerprint density at radius 2 is 2.17 bits per heavy atom. The average molecular weight is 207 g/mol. The molecule has 5 heteroatoms. The highest BCUT2D eigenvalue weighted by Gasteiger charge is 2.22. The molecule has 0 aromatic heterocycles. The summed E-state index contributed by atoms with van der Waals surface area (Å²) < 4.78 is 4.15. The second kappa shape index (κ2) is 4.67. The summed E-state index contributed by atoms with van der Waals surface area (Å²) in [5.41, 5.74) is 0. The molecule has 0 heterocycles. The molecule has 0 fully saturated rings. The van der Waals surface area contributed by atoms with Crippen LogP contribution in [0.5, 0.6) is 0 Å². The number of carbonyl (C=O) groups is 1. The highest BCUT2D eigenvalue weighted by atomic mass is 32.2. The molecule has 0 amide bonds. The number of aliphatic carboxylic acids is 1. The number of carbonyl (C=O) groups excluding carboxylic acids is 1. The minimum atomic E-state index is -1.14. The van der Waals surface area contributed by atoms with Gasteiger partial charge in [0.2, 0.25) is 4.38 Å². The van der Waals surface area contributed by atoms with Crippen LogP contribution in [-0.4, -0.2) is 21.7 Å². The number of carboxylic acids is 1. The van der Waals surface area contributed by atoms with E-state index >= 15 is 0 Å². The van der Waals surface area contributed by atoms with E-state index in [1.165, 1.54) is 13.8 Å². The molecule has 0 bridgehead atoms. The van der Waals surface area contributed by atoms with Crippen LogP contribution < -0.4 is 5.11 Å². The maximum absolute atomic E-state index is 10.5. The van der Waals surface area contributed by atoms with E-state index < -0.39 is 10.7 Å². The van der Waals surface area contributed by atoms with Gasteiger partial charge in [-0.05, 0) is 33.0 Å². The van der Waals surface area contributed by atoms with Crippen LogP contribution in [0.15, 0.2) is 0 Å². The number of thioether (sulfide) groups is 1. The topological polar surface area (TPSA) is 49.4 Å². The van der Waals surface area contributed by atoms with Crippen molar-refractivity contribution in [3.8, 4) is 0 Å². The van der Waals surface area contributed by atoms with Crippen molar-refractivity contribution in [2.75, 3.05) is 6.61 Å². The summed E-state index contributed by atoms with van der Waals surface area (Å²) in [6, 6.07) is 0. The third-order valence-corrected chi connectivity index (χ3v) is 2.42. The Bertz CT molecular complexity index is 189. The molecule has 70 valence electrons. The smallest absolute Gasteiger partial charge is 0.220 e. The summed E-state index contributed by atoms with van der Waals surface area (Å²) in [6.07, 6.45) is 0. The predicted molar refractivity (Wildman–Crippen MR) is 50.9 cm³/mol. The number of carboxylic acid groups (broad SMARTS) is 1. The van der Waals surface area contributed by atoms with Gasteiger partial charge in [-0.2, -0.15) is 0 Å². The van der Waals surface area contributed by atoms with Gasteiger partial charge in [-0.1, -0.05) is 11.8 Å². The van der Waals surface area contributed by atoms with Gasteiger partial charge < -0.3 is 14.6 Å². The largest absolute Gasteiger partial charge is 0.549 e. The van der Waals surface area contributed by atoms with Crippen molar-refractivity contribution < 1.29 is 14.6 Å². The average Bonchev–Trinajstić information content (AvgIpc) is 1.85. The standard InChI is InChI=1S/C7H12O3S2/c1-4-10-6(11)12-7(2,3)5(8)9/h4H2,1-3H3,(H,8,9)/p-1. The Morgan fingerprint density at radius 3 is 2.50 bits per heavy atom. The first-order chi connectivity index (χ1) is 5.40. The van der Waals surface area contributed by atoms with Crippen LogP contribution in [-0.2, 0) is 9.53 Å². The van der Waals surface area contributed by atoms with E-state index in [0.717, 1.165) is 11.8 Å². The minimum Gasteiger partial charge on any atom is -0.549 e. The maximum atomic E-state index is 10.5. The van der Waals surface area contributed by atoms with Crippen molar-refractivity contribution >= 4 is 34.3 Å². The lowest BCUT2D eigenvalue weighted by atomic mass is 10.2. The Morgan fingerprint density at radius 1 is 1.67 bits per heavy atom. The fraction of sp³-hybridized carbons (Fsp3) is 0.714. The van der Waals surface area contributed by atoms with Gasteiger partial charge in [0.25, 0.3) is 0 Å². The molecule has 0 unspecified atom stereocenters. The summed E-state index contributed by atoms with van der Waals surface area (Å²) >= 11 is 5.75. The highest BCUT2D eigenvalue weighted by Crippen LogP contribution is 2.25. The fourth-order valence-electron chi connectivity index (χ4n) is 0.397. The zero-order valence-electron chi connectivity index (χ0n) is 7.25. The second-order valence-electron chi connectivity index (χ2n) is 2.58. The molecule has 3 nitrogen and oxygen atoms in total. The van der Waals surface area contributed by atoms with Gasteiger partial charge in [0.15, 0.2) is 0 Å². The van der Waals surface area contributed by atoms with Gasteiger partial charge in [-0.15, -0.1) is 0 Å². The monoisotopic (exact) mass is 207 g/mol. The molecular formula is C7H11O3S2-. The number of hydrogen-bond acceptors (Lipinski definition) is 5. The summed E-state index contributed by atoms with van der Waals surface area (Å²) in [4.78, 5) is 10.5. The molecular weight excluding hydrogens is 196 g/mol. The zero-order valence-corrected chi connectivity index (χ0v) is 8.88. The normalized spacial score (nSPS) is 10.9. The zero-order chi connectivity index (χ0) is 9.78. The van der Waals surface area contributed by atoms with Gasteiger partial charge >= 0.3 is 0 Å².